The number of aliphatic hydroxyl groups excluding tert-OH is 5. The molecule has 7 rings (SSSR count). The molecular formula is C50H78F2N2O13. The number of rotatable bonds is 8. The number of alkyl halides is 2. The van der Waals surface area contributed by atoms with E-state index in [4.69, 9.17) is 23.7 Å². The van der Waals surface area contributed by atoms with Gasteiger partial charge in [-0.05, 0) is 136 Å². The lowest BCUT2D eigenvalue weighted by molar-refractivity contribution is -0.249. The van der Waals surface area contributed by atoms with Gasteiger partial charge in [0.2, 0.25) is 0 Å². The number of nitrogens with zero attached hydrogens (tertiary/aromatic N) is 1. The highest BCUT2D eigenvalue weighted by Gasteiger charge is 2.81. The molecule has 0 radical (unpaired) electrons. The zero-order valence-electron chi connectivity index (χ0n) is 40.9. The third kappa shape index (κ3) is 9.11. The Hall–Kier alpha value is -2.45. The van der Waals surface area contributed by atoms with Gasteiger partial charge in [-0.2, -0.15) is 0 Å². The van der Waals surface area contributed by atoms with Crippen LogP contribution in [-0.2, 0) is 38.1 Å². The summed E-state index contributed by atoms with van der Waals surface area (Å²) in [4.78, 5) is 42.6. The first-order valence-electron chi connectivity index (χ1n) is 25.0. The van der Waals surface area contributed by atoms with Gasteiger partial charge in [-0.3, -0.25) is 19.3 Å². The molecule has 1 amide bonds. The number of allylic oxidation sites excluding steroid dienone is 4. The van der Waals surface area contributed by atoms with Gasteiger partial charge in [0.25, 0.3) is 5.91 Å². The number of halogens is 2. The number of amides is 1. The van der Waals surface area contributed by atoms with E-state index in [2.05, 4.69) is 5.32 Å². The molecule has 6 unspecified atom stereocenters. The fraction of sp³-hybridized carbons (Fsp3) is 0.860. The minimum absolute atomic E-state index is 0.0159. The average molecular weight is 953 g/mol. The summed E-state index contributed by atoms with van der Waals surface area (Å²) in [5, 5.41) is 61.3. The molecular weight excluding hydrogens is 875 g/mol. The Morgan fingerprint density at radius 3 is 2.36 bits per heavy atom. The summed E-state index contributed by atoms with van der Waals surface area (Å²) in [6.45, 7) is 16.2. The van der Waals surface area contributed by atoms with Crippen LogP contribution >= 0.6 is 0 Å². The van der Waals surface area contributed by atoms with Crippen LogP contribution in [0.1, 0.15) is 127 Å². The van der Waals surface area contributed by atoms with E-state index in [1.807, 2.05) is 11.8 Å². The van der Waals surface area contributed by atoms with Crippen molar-refractivity contribution in [3.8, 4) is 0 Å². The van der Waals surface area contributed by atoms with Gasteiger partial charge in [-0.25, -0.2) is 8.78 Å². The quantitative estimate of drug-likeness (QED) is 0.149. The van der Waals surface area contributed by atoms with Crippen molar-refractivity contribution < 1.29 is 72.4 Å². The molecule has 380 valence electrons. The van der Waals surface area contributed by atoms with Gasteiger partial charge < -0.3 is 54.5 Å². The summed E-state index contributed by atoms with van der Waals surface area (Å²) in [6.07, 6.45) is -4.92. The molecule has 20 atom stereocenters. The number of ether oxygens (including phenoxy) is 5. The van der Waals surface area contributed by atoms with Crippen LogP contribution in [0.15, 0.2) is 23.8 Å². The van der Waals surface area contributed by atoms with Crippen molar-refractivity contribution in [2.75, 3.05) is 19.6 Å². The number of carbonyl (C=O) groups is 3. The van der Waals surface area contributed by atoms with Crippen molar-refractivity contribution in [3.63, 3.8) is 0 Å². The number of aliphatic hydroxyl groups is 5. The fourth-order valence-corrected chi connectivity index (χ4v) is 13.5. The van der Waals surface area contributed by atoms with Crippen molar-refractivity contribution in [3.05, 3.63) is 23.8 Å². The number of nitrogens with one attached hydrogen (secondary N) is 1. The largest absolute Gasteiger partial charge is 0.459 e. The molecule has 3 saturated heterocycles. The Kier molecular flexibility index (Phi) is 15.3. The molecule has 4 aliphatic carbocycles. The minimum atomic E-state index is -2.34. The Labute approximate surface area is 394 Å². The molecule has 7 aliphatic rings. The number of esters is 1. The van der Waals surface area contributed by atoms with Crippen molar-refractivity contribution in [2.45, 2.75) is 217 Å². The van der Waals surface area contributed by atoms with E-state index in [9.17, 15) is 39.9 Å². The molecule has 3 aliphatic heterocycles. The van der Waals surface area contributed by atoms with Crippen molar-refractivity contribution >= 4 is 17.7 Å². The average Bonchev–Trinajstić information content (AvgIpc) is 3.69. The number of cyclic esters (lactones) is 1. The predicted octanol–water partition coefficient (Wildman–Crippen LogP) is 4.13. The molecule has 15 nitrogen and oxygen atoms in total. The third-order valence-corrected chi connectivity index (χ3v) is 17.3. The van der Waals surface area contributed by atoms with E-state index in [-0.39, 0.29) is 50.3 Å². The molecule has 0 spiro atoms. The van der Waals surface area contributed by atoms with E-state index in [0.29, 0.717) is 32.4 Å². The second kappa shape index (κ2) is 19.6. The second-order valence-electron chi connectivity index (χ2n) is 21.9. The summed E-state index contributed by atoms with van der Waals surface area (Å²) >= 11 is 0. The highest BCUT2D eigenvalue weighted by molar-refractivity contribution is 6.01. The highest BCUT2D eigenvalue weighted by Crippen LogP contribution is 2.72. The Morgan fingerprint density at radius 1 is 0.955 bits per heavy atom. The SMILES string of the molecule is CC[C@H]1OC(=O)[C@H](C)C(O)[C@H](C)C(OC2CCCC(C)O2)[C@H](O)CCCN(CCCNC(=O)[C@@]23OC(C)(C)O[C@@H]2CC2C4C[C@H](F)C5=CC(=O)C=C[C@]5(C)[C@@]4(F)[C@@H](O)C[C@@]23C)[C@H](C)[C@@H](O)[C@@H]1O. The van der Waals surface area contributed by atoms with Crippen LogP contribution in [0.4, 0.5) is 8.78 Å². The molecule has 0 aromatic rings. The van der Waals surface area contributed by atoms with E-state index in [0.717, 1.165) is 18.9 Å². The normalized spacial score (nSPS) is 48.4. The standard InChI is InChI=1S/C50H78F2N2O13/c1-10-36-42(60)41(59)29(5)54(20-12-15-35(56)43(65-39-16-11-14-26(2)63-39)27(3)40(58)28(4)44(61)64-36)21-13-19-53-45(62)50-38(66-46(6,7)67-50)24-31-32-23-34(51)33-22-30(55)17-18-47(33,8)49(32,52)37(57)25-48(31,50)9/h17-18,22,26-29,31-32,34-43,56-60H,10-16,19-21,23-25H2,1-9H3,(H,53,62)/t26?,27-,28+,29+,31?,32?,34-,35+,36+,37-,38+,39?,40?,41+,42+,43?,47-,48-,49-,50-/m0/s1. The van der Waals surface area contributed by atoms with Gasteiger partial charge >= 0.3 is 5.97 Å². The maximum Gasteiger partial charge on any atom is 0.311 e. The maximum atomic E-state index is 18.0. The maximum absolute atomic E-state index is 18.0. The highest BCUT2D eigenvalue weighted by atomic mass is 19.1. The van der Waals surface area contributed by atoms with Crippen LogP contribution in [0.2, 0.25) is 0 Å². The van der Waals surface area contributed by atoms with Gasteiger partial charge in [0.05, 0.1) is 48.6 Å². The molecule has 67 heavy (non-hydrogen) atoms. The molecule has 0 bridgehead atoms. The van der Waals surface area contributed by atoms with Gasteiger partial charge in [0.1, 0.15) is 18.4 Å². The Bertz CT molecular complexity index is 1890. The number of fused-ring (bicyclic) bond motifs is 7. The van der Waals surface area contributed by atoms with Crippen LogP contribution in [0, 0.1) is 34.5 Å². The van der Waals surface area contributed by atoms with E-state index in [1.54, 1.807) is 41.5 Å². The van der Waals surface area contributed by atoms with E-state index < -0.39 is 137 Å². The summed E-state index contributed by atoms with van der Waals surface area (Å²) in [7, 11) is 0. The van der Waals surface area contributed by atoms with Gasteiger partial charge in [-0.15, -0.1) is 0 Å². The van der Waals surface area contributed by atoms with Crippen LogP contribution in [0.25, 0.3) is 0 Å². The van der Waals surface area contributed by atoms with Crippen molar-refractivity contribution in [1.29, 1.82) is 0 Å². The number of ketones is 1. The van der Waals surface area contributed by atoms with E-state index in [1.165, 1.54) is 26.0 Å². The predicted molar refractivity (Wildman–Crippen MR) is 240 cm³/mol. The lowest BCUT2D eigenvalue weighted by Crippen LogP contribution is -2.71. The first-order valence-corrected chi connectivity index (χ1v) is 25.0. The smallest absolute Gasteiger partial charge is 0.311 e. The first kappa shape index (κ1) is 52.4. The van der Waals surface area contributed by atoms with Crippen molar-refractivity contribution in [1.82, 2.24) is 10.2 Å². The van der Waals surface area contributed by atoms with Crippen LogP contribution in [0.5, 0.6) is 0 Å². The van der Waals surface area contributed by atoms with Crippen molar-refractivity contribution in [2.24, 2.45) is 34.5 Å². The first-order chi connectivity index (χ1) is 31.4. The molecule has 6 fully saturated rings. The lowest BCUT2D eigenvalue weighted by Gasteiger charge is -2.63. The monoisotopic (exact) mass is 953 g/mol. The summed E-state index contributed by atoms with van der Waals surface area (Å²) in [6, 6.07) is -0.689. The second-order valence-corrected chi connectivity index (χ2v) is 21.9. The minimum Gasteiger partial charge on any atom is -0.459 e. The summed E-state index contributed by atoms with van der Waals surface area (Å²) < 4.78 is 65.4. The third-order valence-electron chi connectivity index (χ3n) is 17.3. The summed E-state index contributed by atoms with van der Waals surface area (Å²) in [5.41, 5.74) is -6.78. The lowest BCUT2D eigenvalue weighted by atomic mass is 9.44. The Morgan fingerprint density at radius 2 is 1.67 bits per heavy atom. The molecule has 3 heterocycles. The summed E-state index contributed by atoms with van der Waals surface area (Å²) in [5.74, 6) is -6.34. The number of carbonyl (C=O) groups excluding carboxylic acids is 3. The molecule has 0 aromatic carbocycles. The van der Waals surface area contributed by atoms with Crippen LogP contribution in [-0.4, -0.2) is 158 Å². The topological polar surface area (TPSA) is 214 Å². The molecule has 0 aromatic heterocycles. The molecule has 3 saturated carbocycles. The van der Waals surface area contributed by atoms with Crippen LogP contribution in [0.3, 0.4) is 0 Å². The molecule has 6 N–H and O–H groups in total. The van der Waals surface area contributed by atoms with Gasteiger partial charge in [0, 0.05) is 41.8 Å². The zero-order chi connectivity index (χ0) is 49.2. The zero-order valence-corrected chi connectivity index (χ0v) is 40.9. The number of hydrogen-bond donors (Lipinski definition) is 6. The van der Waals surface area contributed by atoms with Gasteiger partial charge in [-0.1, -0.05) is 26.8 Å². The van der Waals surface area contributed by atoms with E-state index >= 15 is 8.78 Å². The Balaban J connectivity index is 1.09. The van der Waals surface area contributed by atoms with Crippen LogP contribution < -0.4 is 5.32 Å². The molecule has 17 heteroatoms. The van der Waals surface area contributed by atoms with Gasteiger partial charge in [0.15, 0.2) is 29.1 Å². The number of hydrogen-bond acceptors (Lipinski definition) is 14. The fourth-order valence-electron chi connectivity index (χ4n) is 13.5.